The summed E-state index contributed by atoms with van der Waals surface area (Å²) in [6.07, 6.45) is 0.781. The molecule has 3 nitrogen and oxygen atoms in total. The predicted molar refractivity (Wildman–Crippen MR) is 126 cm³/mol. The van der Waals surface area contributed by atoms with E-state index in [1.807, 2.05) is 30.5 Å². The molecule has 5 aromatic rings. The average molecular weight is 480 g/mol. The molecule has 0 saturated carbocycles. The molecule has 0 saturated heterocycles. The van der Waals surface area contributed by atoms with E-state index in [1.54, 1.807) is 40.6 Å². The second kappa shape index (κ2) is 8.61. The minimum atomic E-state index is -4.44. The number of aromatic nitrogens is 3. The van der Waals surface area contributed by atoms with Crippen molar-refractivity contribution in [3.8, 4) is 33.6 Å². The Kier molecular flexibility index (Phi) is 5.61. The first-order chi connectivity index (χ1) is 16.3. The second-order valence-electron chi connectivity index (χ2n) is 7.64. The zero-order chi connectivity index (χ0) is 23.9. The molecule has 0 unspecified atom stereocenters. The van der Waals surface area contributed by atoms with Crippen LogP contribution in [0.5, 0.6) is 0 Å². The molecule has 0 aliphatic heterocycles. The van der Waals surface area contributed by atoms with Gasteiger partial charge in [0.1, 0.15) is 5.82 Å². The number of benzene rings is 3. The number of fused-ring (bicyclic) bond motifs is 1. The van der Waals surface area contributed by atoms with Crippen LogP contribution in [0.1, 0.15) is 5.56 Å². The fourth-order valence-electron chi connectivity index (χ4n) is 3.79. The van der Waals surface area contributed by atoms with E-state index in [9.17, 15) is 17.6 Å². The molecule has 0 N–H and O–H groups in total. The normalized spacial score (nSPS) is 11.8. The fourth-order valence-corrected chi connectivity index (χ4v) is 4.20. The lowest BCUT2D eigenvalue weighted by Gasteiger charge is -2.10. The summed E-state index contributed by atoms with van der Waals surface area (Å²) in [4.78, 5) is 10.2. The van der Waals surface area contributed by atoms with Gasteiger partial charge in [0.2, 0.25) is 5.78 Å². The Morgan fingerprint density at radius 2 is 1.53 bits per heavy atom. The number of imidazole rings is 1. The Balaban J connectivity index is 1.73. The van der Waals surface area contributed by atoms with Crippen molar-refractivity contribution in [3.05, 3.63) is 96.6 Å². The molecule has 0 radical (unpaired) electrons. The Labute approximate surface area is 197 Å². The van der Waals surface area contributed by atoms with Gasteiger partial charge in [-0.25, -0.2) is 14.4 Å². The maximum Gasteiger partial charge on any atom is 0.416 e. The lowest BCUT2D eigenvalue weighted by atomic mass is 10.0. The van der Waals surface area contributed by atoms with Gasteiger partial charge in [0, 0.05) is 34.0 Å². The highest BCUT2D eigenvalue weighted by molar-refractivity contribution is 7.98. The summed E-state index contributed by atoms with van der Waals surface area (Å²) in [5.74, 6) is 0.0299. The van der Waals surface area contributed by atoms with Crippen LogP contribution in [0, 0.1) is 5.82 Å². The third-order valence-electron chi connectivity index (χ3n) is 5.48. The predicted octanol–water partition coefficient (Wildman–Crippen LogP) is 7.61. The number of rotatable bonds is 4. The van der Waals surface area contributed by atoms with E-state index in [-0.39, 0.29) is 5.82 Å². The Bertz CT molecular complexity index is 1470. The Morgan fingerprint density at radius 3 is 2.21 bits per heavy atom. The van der Waals surface area contributed by atoms with Gasteiger partial charge >= 0.3 is 6.18 Å². The number of halogens is 4. The van der Waals surface area contributed by atoms with Crippen molar-refractivity contribution in [2.24, 2.45) is 0 Å². The molecule has 2 heterocycles. The van der Waals surface area contributed by atoms with Crippen molar-refractivity contribution >= 4 is 17.5 Å². The molecule has 3 aromatic carbocycles. The number of nitrogens with zero attached hydrogens (tertiary/aromatic N) is 3. The summed E-state index contributed by atoms with van der Waals surface area (Å²) < 4.78 is 55.0. The van der Waals surface area contributed by atoms with E-state index in [4.69, 9.17) is 0 Å². The Morgan fingerprint density at radius 1 is 0.824 bits per heavy atom. The van der Waals surface area contributed by atoms with Crippen LogP contribution in [-0.4, -0.2) is 20.6 Å². The summed E-state index contributed by atoms with van der Waals surface area (Å²) in [5.41, 5.74) is 3.06. The lowest BCUT2D eigenvalue weighted by molar-refractivity contribution is -0.137. The molecular weight excluding hydrogens is 462 g/mol. The zero-order valence-electron chi connectivity index (χ0n) is 17.8. The number of thioether (sulfide) groups is 1. The highest BCUT2D eigenvalue weighted by atomic mass is 32.2. The van der Waals surface area contributed by atoms with Crippen LogP contribution >= 0.6 is 11.8 Å². The Hall–Kier alpha value is -3.65. The van der Waals surface area contributed by atoms with Gasteiger partial charge in [-0.1, -0.05) is 24.3 Å². The van der Waals surface area contributed by atoms with Gasteiger partial charge < -0.3 is 0 Å². The third-order valence-corrected chi connectivity index (χ3v) is 6.23. The van der Waals surface area contributed by atoms with E-state index < -0.39 is 11.7 Å². The standard InChI is InChI=1S/C26H17F4N3S/c1-34-22-11-7-17(8-12-22)24-23(16-5-9-21(27)10-6-16)32-25-31-14-19(15-33(24)25)18-3-2-4-20(13-18)26(28,29)30/h2-15H,1H3. The van der Waals surface area contributed by atoms with Crippen molar-refractivity contribution in [2.45, 2.75) is 11.1 Å². The monoisotopic (exact) mass is 479 g/mol. The minimum absolute atomic E-state index is 0.358. The van der Waals surface area contributed by atoms with Crippen LogP contribution < -0.4 is 0 Å². The van der Waals surface area contributed by atoms with E-state index >= 15 is 0 Å². The maximum absolute atomic E-state index is 13.6. The van der Waals surface area contributed by atoms with Crippen molar-refractivity contribution < 1.29 is 17.6 Å². The third kappa shape index (κ3) is 4.17. The first-order valence-corrected chi connectivity index (χ1v) is 11.5. The number of hydrogen-bond acceptors (Lipinski definition) is 3. The van der Waals surface area contributed by atoms with Crippen LogP contribution in [0.2, 0.25) is 0 Å². The van der Waals surface area contributed by atoms with Crippen LogP contribution in [0.25, 0.3) is 39.4 Å². The van der Waals surface area contributed by atoms with E-state index in [0.29, 0.717) is 28.2 Å². The van der Waals surface area contributed by atoms with Gasteiger partial charge in [0.05, 0.1) is 17.0 Å². The topological polar surface area (TPSA) is 30.2 Å². The second-order valence-corrected chi connectivity index (χ2v) is 8.52. The van der Waals surface area contributed by atoms with E-state index in [2.05, 4.69) is 9.97 Å². The molecule has 0 amide bonds. The summed E-state index contributed by atoms with van der Waals surface area (Å²) in [6.45, 7) is 0. The van der Waals surface area contributed by atoms with Gasteiger partial charge in [-0.3, -0.25) is 4.40 Å². The van der Waals surface area contributed by atoms with Crippen LogP contribution in [-0.2, 0) is 6.18 Å². The van der Waals surface area contributed by atoms with E-state index in [0.717, 1.165) is 28.3 Å². The summed E-state index contributed by atoms with van der Waals surface area (Å²) in [7, 11) is 0. The smallest absolute Gasteiger partial charge is 0.282 e. The molecule has 34 heavy (non-hydrogen) atoms. The molecule has 170 valence electrons. The maximum atomic E-state index is 13.6. The molecule has 0 bridgehead atoms. The van der Waals surface area contributed by atoms with Gasteiger partial charge in [-0.15, -0.1) is 11.8 Å². The molecule has 2 aromatic heterocycles. The quantitative estimate of drug-likeness (QED) is 0.196. The van der Waals surface area contributed by atoms with E-state index in [1.165, 1.54) is 24.4 Å². The highest BCUT2D eigenvalue weighted by Gasteiger charge is 2.30. The molecule has 0 aliphatic rings. The van der Waals surface area contributed by atoms with Gasteiger partial charge in [0.25, 0.3) is 0 Å². The molecule has 5 rings (SSSR count). The summed E-state index contributed by atoms with van der Waals surface area (Å²) in [5, 5.41) is 0. The SMILES string of the molecule is CSc1ccc(-c2c(-c3ccc(F)cc3)nc3ncc(-c4cccc(C(F)(F)F)c4)cn23)cc1. The first kappa shape index (κ1) is 22.2. The van der Waals surface area contributed by atoms with Crippen LogP contribution in [0.15, 0.2) is 90.1 Å². The van der Waals surface area contributed by atoms with Crippen molar-refractivity contribution in [1.82, 2.24) is 14.4 Å². The summed E-state index contributed by atoms with van der Waals surface area (Å²) in [6, 6.07) is 19.0. The largest absolute Gasteiger partial charge is 0.416 e. The van der Waals surface area contributed by atoms with Gasteiger partial charge in [0.15, 0.2) is 0 Å². The van der Waals surface area contributed by atoms with Crippen LogP contribution in [0.3, 0.4) is 0 Å². The number of hydrogen-bond donors (Lipinski definition) is 0. The van der Waals surface area contributed by atoms with Crippen molar-refractivity contribution in [3.63, 3.8) is 0 Å². The molecule has 0 spiro atoms. The first-order valence-electron chi connectivity index (χ1n) is 10.3. The molecule has 8 heteroatoms. The molecular formula is C26H17F4N3S. The molecule has 0 fully saturated rings. The minimum Gasteiger partial charge on any atom is -0.282 e. The molecule has 0 aliphatic carbocycles. The average Bonchev–Trinajstić information content (AvgIpc) is 3.23. The lowest BCUT2D eigenvalue weighted by Crippen LogP contribution is -2.04. The van der Waals surface area contributed by atoms with Gasteiger partial charge in [-0.2, -0.15) is 13.2 Å². The summed E-state index contributed by atoms with van der Waals surface area (Å²) >= 11 is 1.62. The number of alkyl halides is 3. The molecule has 0 atom stereocenters. The fraction of sp³-hybridized carbons (Fsp3) is 0.0769. The zero-order valence-corrected chi connectivity index (χ0v) is 18.7. The van der Waals surface area contributed by atoms with Crippen molar-refractivity contribution in [1.29, 1.82) is 0 Å². The van der Waals surface area contributed by atoms with Crippen molar-refractivity contribution in [2.75, 3.05) is 6.26 Å². The van der Waals surface area contributed by atoms with Crippen LogP contribution in [0.4, 0.5) is 17.6 Å². The highest BCUT2D eigenvalue weighted by Crippen LogP contribution is 2.35. The van der Waals surface area contributed by atoms with Gasteiger partial charge in [-0.05, 0) is 60.4 Å².